The molecule has 0 aliphatic carbocycles. The molecule has 5 heteroatoms. The summed E-state index contributed by atoms with van der Waals surface area (Å²) in [5.74, 6) is -0.0730. The van der Waals surface area contributed by atoms with Crippen molar-refractivity contribution in [3.05, 3.63) is 34.9 Å². The van der Waals surface area contributed by atoms with Crippen LogP contribution in [0, 0.1) is 0 Å². The molecule has 1 aliphatic heterocycles. The fourth-order valence-electron chi connectivity index (χ4n) is 2.81. The maximum absolute atomic E-state index is 12.6. The molecule has 3 unspecified atom stereocenters. The van der Waals surface area contributed by atoms with Crippen LogP contribution in [0.5, 0.6) is 0 Å². The largest absolute Gasteiger partial charge is 0.343 e. The molecular formula is C16H21ClN2O2. The first-order valence-corrected chi connectivity index (χ1v) is 7.75. The minimum Gasteiger partial charge on any atom is -0.343 e. The summed E-state index contributed by atoms with van der Waals surface area (Å²) in [6.45, 7) is 5.78. The van der Waals surface area contributed by atoms with Gasteiger partial charge in [-0.1, -0.05) is 37.6 Å². The first kappa shape index (κ1) is 15.8. The Morgan fingerprint density at radius 3 is 2.33 bits per heavy atom. The number of piperazine rings is 1. The zero-order chi connectivity index (χ0) is 15.6. The molecule has 2 amide bonds. The Morgan fingerprint density at radius 1 is 1.19 bits per heavy atom. The van der Waals surface area contributed by atoms with Gasteiger partial charge in [-0.2, -0.15) is 0 Å². The van der Waals surface area contributed by atoms with E-state index in [0.29, 0.717) is 17.9 Å². The Kier molecular flexibility index (Phi) is 4.88. The Balaban J connectivity index is 2.33. The number of nitrogens with zero attached hydrogens (tertiary/aromatic N) is 1. The summed E-state index contributed by atoms with van der Waals surface area (Å²) in [6, 6.07) is 6.43. The van der Waals surface area contributed by atoms with Gasteiger partial charge in [0.25, 0.3) is 0 Å². The van der Waals surface area contributed by atoms with E-state index >= 15 is 0 Å². The molecular weight excluding hydrogens is 288 g/mol. The molecule has 3 atom stereocenters. The topological polar surface area (TPSA) is 49.4 Å². The Hall–Kier alpha value is -1.55. The van der Waals surface area contributed by atoms with Crippen molar-refractivity contribution in [2.45, 2.75) is 51.7 Å². The van der Waals surface area contributed by atoms with E-state index in [1.807, 2.05) is 32.9 Å². The minimum atomic E-state index is -0.421. The number of benzene rings is 1. The number of carbonyl (C=O) groups is 2. The van der Waals surface area contributed by atoms with Crippen molar-refractivity contribution in [3.8, 4) is 0 Å². The average molecular weight is 309 g/mol. The van der Waals surface area contributed by atoms with Crippen molar-refractivity contribution >= 4 is 23.4 Å². The second-order valence-corrected chi connectivity index (χ2v) is 5.80. The number of nitrogens with one attached hydrogen (secondary N) is 1. The summed E-state index contributed by atoms with van der Waals surface area (Å²) in [7, 11) is 0. The smallest absolute Gasteiger partial charge is 0.246 e. The van der Waals surface area contributed by atoms with Crippen molar-refractivity contribution in [1.29, 1.82) is 0 Å². The lowest BCUT2D eigenvalue weighted by atomic mass is 9.98. The van der Waals surface area contributed by atoms with Gasteiger partial charge < -0.3 is 10.2 Å². The summed E-state index contributed by atoms with van der Waals surface area (Å²) in [6.07, 6.45) is 1.21. The average Bonchev–Trinajstić information content (AvgIpc) is 2.48. The number of hydrogen-bond donors (Lipinski definition) is 1. The quantitative estimate of drug-likeness (QED) is 0.929. The number of carbonyl (C=O) groups excluding carboxylic acids is 2. The van der Waals surface area contributed by atoms with Crippen LogP contribution in [-0.4, -0.2) is 28.8 Å². The first-order chi connectivity index (χ1) is 9.99. The summed E-state index contributed by atoms with van der Waals surface area (Å²) >= 11 is 5.91. The second kappa shape index (κ2) is 6.48. The van der Waals surface area contributed by atoms with Gasteiger partial charge in [-0.25, -0.2) is 0 Å². The zero-order valence-corrected chi connectivity index (χ0v) is 13.4. The molecule has 1 saturated heterocycles. The van der Waals surface area contributed by atoms with E-state index < -0.39 is 12.1 Å². The predicted octanol–water partition coefficient (Wildman–Crippen LogP) is 2.92. The van der Waals surface area contributed by atoms with Crippen LogP contribution in [0.3, 0.4) is 0 Å². The van der Waals surface area contributed by atoms with E-state index in [-0.39, 0.29) is 17.9 Å². The van der Waals surface area contributed by atoms with Gasteiger partial charge >= 0.3 is 0 Å². The van der Waals surface area contributed by atoms with Crippen molar-refractivity contribution in [2.75, 3.05) is 0 Å². The first-order valence-electron chi connectivity index (χ1n) is 7.37. The van der Waals surface area contributed by atoms with Crippen LogP contribution in [0.2, 0.25) is 5.02 Å². The molecule has 0 bridgehead atoms. The normalized spacial score (nSPS) is 23.9. The molecule has 0 aromatic heterocycles. The van der Waals surface area contributed by atoms with E-state index in [0.717, 1.165) is 5.56 Å². The molecule has 21 heavy (non-hydrogen) atoms. The lowest BCUT2D eigenvalue weighted by Gasteiger charge is -2.42. The van der Waals surface area contributed by atoms with Crippen LogP contribution < -0.4 is 5.32 Å². The van der Waals surface area contributed by atoms with Gasteiger partial charge in [0.2, 0.25) is 11.8 Å². The molecule has 1 N–H and O–H groups in total. The Morgan fingerprint density at radius 2 is 1.81 bits per heavy atom. The summed E-state index contributed by atoms with van der Waals surface area (Å²) in [4.78, 5) is 26.6. The monoisotopic (exact) mass is 308 g/mol. The third-order valence-corrected chi connectivity index (χ3v) is 4.32. The highest BCUT2D eigenvalue weighted by Crippen LogP contribution is 2.28. The zero-order valence-electron chi connectivity index (χ0n) is 12.6. The van der Waals surface area contributed by atoms with Crippen LogP contribution in [0.15, 0.2) is 24.3 Å². The molecule has 1 aliphatic rings. The van der Waals surface area contributed by atoms with Crippen molar-refractivity contribution in [3.63, 3.8) is 0 Å². The molecule has 1 aromatic carbocycles. The Labute approximate surface area is 130 Å². The van der Waals surface area contributed by atoms with E-state index in [1.165, 1.54) is 0 Å². The summed E-state index contributed by atoms with van der Waals surface area (Å²) in [5, 5.41) is 3.47. The highest BCUT2D eigenvalue weighted by atomic mass is 35.5. The van der Waals surface area contributed by atoms with Crippen LogP contribution in [0.1, 0.15) is 45.2 Å². The van der Waals surface area contributed by atoms with Crippen molar-refractivity contribution < 1.29 is 9.59 Å². The fraction of sp³-hybridized carbons (Fsp3) is 0.500. The minimum absolute atomic E-state index is 0.00796. The maximum Gasteiger partial charge on any atom is 0.246 e. The van der Waals surface area contributed by atoms with E-state index in [4.69, 9.17) is 11.6 Å². The van der Waals surface area contributed by atoms with Gasteiger partial charge in [-0.05, 0) is 37.5 Å². The highest BCUT2D eigenvalue weighted by molar-refractivity contribution is 6.30. The standard InChI is InChI=1S/C16H21ClN2O2/c1-4-13-16(21)19(14(5-2)15(20)18-13)10(3)11-6-8-12(17)9-7-11/h6-10,13-14H,4-5H2,1-3H3,(H,18,20). The third kappa shape index (κ3) is 3.05. The summed E-state index contributed by atoms with van der Waals surface area (Å²) < 4.78 is 0. The SMILES string of the molecule is CCC1NC(=O)C(CC)N(C(C)c2ccc(Cl)cc2)C1=O. The van der Waals surface area contributed by atoms with Crippen molar-refractivity contribution in [1.82, 2.24) is 10.2 Å². The van der Waals surface area contributed by atoms with E-state index in [2.05, 4.69) is 5.32 Å². The third-order valence-electron chi connectivity index (χ3n) is 4.07. The highest BCUT2D eigenvalue weighted by Gasteiger charge is 2.41. The van der Waals surface area contributed by atoms with Crippen LogP contribution in [-0.2, 0) is 9.59 Å². The number of rotatable bonds is 4. The molecule has 0 radical (unpaired) electrons. The van der Waals surface area contributed by atoms with Gasteiger partial charge in [-0.3, -0.25) is 9.59 Å². The predicted molar refractivity (Wildman–Crippen MR) is 83.0 cm³/mol. The maximum atomic E-state index is 12.6. The lowest BCUT2D eigenvalue weighted by molar-refractivity contribution is -0.152. The molecule has 0 spiro atoms. The van der Waals surface area contributed by atoms with Crippen LogP contribution >= 0.6 is 11.6 Å². The van der Waals surface area contributed by atoms with Crippen LogP contribution in [0.4, 0.5) is 0 Å². The molecule has 2 rings (SSSR count). The fourth-order valence-corrected chi connectivity index (χ4v) is 2.94. The Bertz CT molecular complexity index is 530. The van der Waals surface area contributed by atoms with Gasteiger partial charge in [0.05, 0.1) is 6.04 Å². The molecule has 1 fully saturated rings. The van der Waals surface area contributed by atoms with E-state index in [1.54, 1.807) is 17.0 Å². The van der Waals surface area contributed by atoms with Crippen molar-refractivity contribution in [2.24, 2.45) is 0 Å². The lowest BCUT2D eigenvalue weighted by Crippen LogP contribution is -2.63. The van der Waals surface area contributed by atoms with Crippen LogP contribution in [0.25, 0.3) is 0 Å². The molecule has 4 nitrogen and oxygen atoms in total. The summed E-state index contributed by atoms with van der Waals surface area (Å²) in [5.41, 5.74) is 0.982. The number of halogens is 1. The van der Waals surface area contributed by atoms with E-state index in [9.17, 15) is 9.59 Å². The van der Waals surface area contributed by atoms with Gasteiger partial charge in [0.1, 0.15) is 12.1 Å². The molecule has 1 heterocycles. The number of hydrogen-bond acceptors (Lipinski definition) is 2. The molecule has 1 aromatic rings. The molecule has 114 valence electrons. The number of amides is 2. The van der Waals surface area contributed by atoms with Gasteiger partial charge in [0.15, 0.2) is 0 Å². The van der Waals surface area contributed by atoms with Gasteiger partial charge in [0, 0.05) is 5.02 Å². The second-order valence-electron chi connectivity index (χ2n) is 5.37. The van der Waals surface area contributed by atoms with Gasteiger partial charge in [-0.15, -0.1) is 0 Å². The molecule has 0 saturated carbocycles.